The molecular formula is C24H28N4O4S. The van der Waals surface area contributed by atoms with Crippen LogP contribution >= 0.6 is 11.3 Å². The van der Waals surface area contributed by atoms with Crippen LogP contribution in [0, 0.1) is 0 Å². The summed E-state index contributed by atoms with van der Waals surface area (Å²) in [6.45, 7) is 5.50. The molecule has 2 aliphatic rings. The molecule has 2 aliphatic heterocycles. The molecule has 0 atom stereocenters. The summed E-state index contributed by atoms with van der Waals surface area (Å²) in [5.74, 6) is 3.14. The van der Waals surface area contributed by atoms with Crippen molar-refractivity contribution in [1.82, 2.24) is 19.9 Å². The maximum absolute atomic E-state index is 12.7. The number of nitrogens with zero attached hydrogens (tertiary/aromatic N) is 4. The second-order valence-corrected chi connectivity index (χ2v) is 9.24. The van der Waals surface area contributed by atoms with Crippen LogP contribution in [0.15, 0.2) is 40.2 Å². The third-order valence-electron chi connectivity index (χ3n) is 6.03. The van der Waals surface area contributed by atoms with E-state index < -0.39 is 0 Å². The molecule has 33 heavy (non-hydrogen) atoms. The number of ether oxygens (including phenoxy) is 2. The highest BCUT2D eigenvalue weighted by atomic mass is 32.1. The molecule has 2 aromatic heterocycles. The third-order valence-corrected chi connectivity index (χ3v) is 6.90. The fourth-order valence-corrected chi connectivity index (χ4v) is 4.84. The molecule has 1 amide bonds. The summed E-state index contributed by atoms with van der Waals surface area (Å²) in [5, 5.41) is 6.08. The van der Waals surface area contributed by atoms with Crippen LogP contribution in [0.3, 0.4) is 0 Å². The molecule has 4 heterocycles. The van der Waals surface area contributed by atoms with Gasteiger partial charge in [-0.2, -0.15) is 4.98 Å². The second kappa shape index (κ2) is 10.4. The Morgan fingerprint density at radius 2 is 1.88 bits per heavy atom. The molecule has 0 N–H and O–H groups in total. The van der Waals surface area contributed by atoms with Gasteiger partial charge in [0.1, 0.15) is 13.2 Å². The molecule has 9 heteroatoms. The van der Waals surface area contributed by atoms with E-state index in [1.54, 1.807) is 11.3 Å². The SMILES string of the molecule is O=C(CCc1ccc2c(c1)OCCO2)N1CCN(CCCc2nc(-c3cccs3)no2)CC1. The van der Waals surface area contributed by atoms with E-state index in [2.05, 4.69) is 15.0 Å². The first-order chi connectivity index (χ1) is 16.2. The molecule has 1 saturated heterocycles. The fourth-order valence-electron chi connectivity index (χ4n) is 4.19. The van der Waals surface area contributed by atoms with Gasteiger partial charge in [0.05, 0.1) is 4.88 Å². The Kier molecular flexibility index (Phi) is 6.87. The molecule has 1 fully saturated rings. The molecule has 0 spiro atoms. The van der Waals surface area contributed by atoms with Gasteiger partial charge in [-0.05, 0) is 48.5 Å². The number of thiophene rings is 1. The molecule has 0 bridgehead atoms. The van der Waals surface area contributed by atoms with Gasteiger partial charge >= 0.3 is 0 Å². The number of aromatic nitrogens is 2. The van der Waals surface area contributed by atoms with E-state index in [0.29, 0.717) is 37.8 Å². The monoisotopic (exact) mass is 468 g/mol. The summed E-state index contributed by atoms with van der Waals surface area (Å²) < 4.78 is 16.6. The zero-order chi connectivity index (χ0) is 22.5. The van der Waals surface area contributed by atoms with E-state index in [-0.39, 0.29) is 5.91 Å². The summed E-state index contributed by atoms with van der Waals surface area (Å²) in [7, 11) is 0. The molecule has 8 nitrogen and oxygen atoms in total. The molecule has 0 unspecified atom stereocenters. The van der Waals surface area contributed by atoms with Crippen LogP contribution in [0.5, 0.6) is 11.5 Å². The molecule has 0 saturated carbocycles. The minimum atomic E-state index is 0.219. The third kappa shape index (κ3) is 5.54. The van der Waals surface area contributed by atoms with Crippen molar-refractivity contribution >= 4 is 17.2 Å². The summed E-state index contributed by atoms with van der Waals surface area (Å²) >= 11 is 1.61. The predicted molar refractivity (Wildman–Crippen MR) is 125 cm³/mol. The van der Waals surface area contributed by atoms with E-state index in [1.807, 2.05) is 40.6 Å². The zero-order valence-corrected chi connectivity index (χ0v) is 19.4. The van der Waals surface area contributed by atoms with Crippen molar-refractivity contribution in [3.05, 3.63) is 47.2 Å². The van der Waals surface area contributed by atoms with E-state index >= 15 is 0 Å². The first-order valence-corrected chi connectivity index (χ1v) is 12.4. The number of carbonyl (C=O) groups is 1. The Labute approximate surface area is 197 Å². The predicted octanol–water partition coefficient (Wildman–Crippen LogP) is 3.28. The molecule has 3 aromatic rings. The lowest BCUT2D eigenvalue weighted by molar-refractivity contribution is -0.132. The second-order valence-electron chi connectivity index (χ2n) is 8.29. The lowest BCUT2D eigenvalue weighted by atomic mass is 10.1. The molecule has 174 valence electrons. The average Bonchev–Trinajstić information content (AvgIpc) is 3.55. The highest BCUT2D eigenvalue weighted by Gasteiger charge is 2.21. The van der Waals surface area contributed by atoms with Gasteiger partial charge < -0.3 is 18.9 Å². The number of carbonyl (C=O) groups excluding carboxylic acids is 1. The van der Waals surface area contributed by atoms with Crippen molar-refractivity contribution in [3.8, 4) is 22.2 Å². The van der Waals surface area contributed by atoms with Gasteiger partial charge in [-0.25, -0.2) is 0 Å². The first-order valence-electron chi connectivity index (χ1n) is 11.5. The van der Waals surface area contributed by atoms with Crippen LogP contribution in [0.1, 0.15) is 24.3 Å². The van der Waals surface area contributed by atoms with Gasteiger partial charge in [0, 0.05) is 39.0 Å². The highest BCUT2D eigenvalue weighted by Crippen LogP contribution is 2.31. The number of rotatable bonds is 8. The average molecular weight is 469 g/mol. The number of amides is 1. The summed E-state index contributed by atoms with van der Waals surface area (Å²) in [6.07, 6.45) is 2.97. The van der Waals surface area contributed by atoms with E-state index in [0.717, 1.165) is 67.5 Å². The highest BCUT2D eigenvalue weighted by molar-refractivity contribution is 7.13. The number of hydrogen-bond donors (Lipinski definition) is 0. The van der Waals surface area contributed by atoms with Gasteiger partial charge in [0.25, 0.3) is 0 Å². The van der Waals surface area contributed by atoms with Crippen LogP contribution in [-0.2, 0) is 17.6 Å². The minimum Gasteiger partial charge on any atom is -0.486 e. The van der Waals surface area contributed by atoms with Crippen molar-refractivity contribution in [1.29, 1.82) is 0 Å². The smallest absolute Gasteiger partial charge is 0.227 e. The number of benzene rings is 1. The van der Waals surface area contributed by atoms with Gasteiger partial charge in [-0.15, -0.1) is 11.3 Å². The van der Waals surface area contributed by atoms with Crippen LogP contribution in [-0.4, -0.2) is 71.8 Å². The Morgan fingerprint density at radius 3 is 2.70 bits per heavy atom. The van der Waals surface area contributed by atoms with Gasteiger partial charge in [0.2, 0.25) is 17.6 Å². The van der Waals surface area contributed by atoms with Crippen molar-refractivity contribution in [3.63, 3.8) is 0 Å². The normalized spacial score (nSPS) is 16.2. The summed E-state index contributed by atoms with van der Waals surface area (Å²) in [5.41, 5.74) is 1.11. The maximum atomic E-state index is 12.7. The number of aryl methyl sites for hydroxylation is 2. The van der Waals surface area contributed by atoms with Gasteiger partial charge in [-0.3, -0.25) is 9.69 Å². The quantitative estimate of drug-likeness (QED) is 0.502. The zero-order valence-electron chi connectivity index (χ0n) is 18.6. The largest absolute Gasteiger partial charge is 0.486 e. The molecule has 1 aromatic carbocycles. The van der Waals surface area contributed by atoms with Crippen LogP contribution < -0.4 is 9.47 Å². The molecule has 5 rings (SSSR count). The van der Waals surface area contributed by atoms with Gasteiger partial charge in [0.15, 0.2) is 11.5 Å². The number of hydrogen-bond acceptors (Lipinski definition) is 8. The van der Waals surface area contributed by atoms with E-state index in [4.69, 9.17) is 14.0 Å². The van der Waals surface area contributed by atoms with Crippen molar-refractivity contribution in [2.75, 3.05) is 45.9 Å². The summed E-state index contributed by atoms with van der Waals surface area (Å²) in [6, 6.07) is 9.93. The Balaban J connectivity index is 1.01. The van der Waals surface area contributed by atoms with Crippen molar-refractivity contribution in [2.45, 2.75) is 25.7 Å². The Morgan fingerprint density at radius 1 is 1.03 bits per heavy atom. The number of fused-ring (bicyclic) bond motifs is 1. The lowest BCUT2D eigenvalue weighted by Crippen LogP contribution is -2.48. The topological polar surface area (TPSA) is 80.9 Å². The summed E-state index contributed by atoms with van der Waals surface area (Å²) in [4.78, 5) is 22.6. The molecular weight excluding hydrogens is 440 g/mol. The lowest BCUT2D eigenvalue weighted by Gasteiger charge is -2.34. The minimum absolute atomic E-state index is 0.219. The molecule has 0 radical (unpaired) electrons. The maximum Gasteiger partial charge on any atom is 0.227 e. The van der Waals surface area contributed by atoms with Gasteiger partial charge in [-0.1, -0.05) is 17.3 Å². The van der Waals surface area contributed by atoms with Crippen molar-refractivity contribution < 1.29 is 18.8 Å². The standard InChI is InChI=1S/C24H28N4O4S/c29-23(8-6-18-5-7-19-20(17-18)31-15-14-30-19)28-12-10-27(11-13-28)9-1-4-22-25-24(26-32-22)21-3-2-16-33-21/h2-3,5,7,16-17H,1,4,6,8-15H2. The van der Waals surface area contributed by atoms with Crippen LogP contribution in [0.4, 0.5) is 0 Å². The Bertz CT molecular complexity index is 1060. The van der Waals surface area contributed by atoms with Crippen LogP contribution in [0.25, 0.3) is 10.7 Å². The Hall–Kier alpha value is -2.91. The van der Waals surface area contributed by atoms with Crippen molar-refractivity contribution in [2.24, 2.45) is 0 Å². The molecule has 0 aliphatic carbocycles. The number of piperazine rings is 1. The van der Waals surface area contributed by atoms with E-state index in [9.17, 15) is 4.79 Å². The fraction of sp³-hybridized carbons (Fsp3) is 0.458. The van der Waals surface area contributed by atoms with E-state index in [1.165, 1.54) is 0 Å². The van der Waals surface area contributed by atoms with Crippen LogP contribution in [0.2, 0.25) is 0 Å². The first kappa shape index (κ1) is 21.9.